The van der Waals surface area contributed by atoms with Gasteiger partial charge in [0.05, 0.1) is 4.92 Å². The first-order valence-electron chi connectivity index (χ1n) is 6.71. The predicted octanol–water partition coefficient (Wildman–Crippen LogP) is 2.13. The van der Waals surface area contributed by atoms with E-state index in [0.717, 1.165) is 5.82 Å². The lowest BCUT2D eigenvalue weighted by Gasteiger charge is -2.10. The maximum atomic E-state index is 10.7. The maximum absolute atomic E-state index is 10.7. The highest BCUT2D eigenvalue weighted by molar-refractivity contribution is 5.46. The van der Waals surface area contributed by atoms with Crippen LogP contribution in [0.2, 0.25) is 0 Å². The number of aromatic nitrogens is 4. The van der Waals surface area contributed by atoms with Gasteiger partial charge in [0.15, 0.2) is 0 Å². The van der Waals surface area contributed by atoms with Crippen molar-refractivity contribution in [1.29, 1.82) is 0 Å². The molecular formula is C13H18N6O2. The van der Waals surface area contributed by atoms with Crippen LogP contribution >= 0.6 is 0 Å². The van der Waals surface area contributed by atoms with Crippen molar-refractivity contribution >= 4 is 11.5 Å². The fourth-order valence-electron chi connectivity index (χ4n) is 2.02. The van der Waals surface area contributed by atoms with Crippen LogP contribution in [0.1, 0.15) is 31.2 Å². The molecule has 0 saturated heterocycles. The van der Waals surface area contributed by atoms with E-state index >= 15 is 0 Å². The highest BCUT2D eigenvalue weighted by Gasteiger charge is 2.11. The third kappa shape index (κ3) is 3.53. The summed E-state index contributed by atoms with van der Waals surface area (Å²) in [5.41, 5.74) is 0.617. The molecule has 21 heavy (non-hydrogen) atoms. The van der Waals surface area contributed by atoms with Gasteiger partial charge in [0.25, 0.3) is 5.69 Å². The summed E-state index contributed by atoms with van der Waals surface area (Å²) in [6, 6.07) is 1.67. The van der Waals surface area contributed by atoms with Crippen LogP contribution in [-0.2, 0) is 6.54 Å². The second-order valence-electron chi connectivity index (χ2n) is 5.08. The van der Waals surface area contributed by atoms with Crippen LogP contribution in [0.3, 0.4) is 0 Å². The predicted molar refractivity (Wildman–Crippen MR) is 78.2 cm³/mol. The molecule has 2 heterocycles. The summed E-state index contributed by atoms with van der Waals surface area (Å²) in [5, 5.41) is 21.9. The fraction of sp³-hybridized carbons (Fsp3) is 0.462. The molecule has 112 valence electrons. The molecule has 0 radical (unpaired) electrons. The number of hydrogen-bond donors (Lipinski definition) is 1. The molecule has 2 rings (SSSR count). The van der Waals surface area contributed by atoms with Gasteiger partial charge >= 0.3 is 0 Å². The van der Waals surface area contributed by atoms with Crippen LogP contribution in [-0.4, -0.2) is 31.2 Å². The molecule has 0 bridgehead atoms. The Balaban J connectivity index is 1.96. The van der Waals surface area contributed by atoms with Gasteiger partial charge in [0, 0.05) is 24.6 Å². The normalized spacial score (nSPS) is 10.9. The molecule has 8 nitrogen and oxygen atoms in total. The van der Waals surface area contributed by atoms with E-state index in [2.05, 4.69) is 34.3 Å². The van der Waals surface area contributed by atoms with Gasteiger partial charge in [-0.05, 0) is 13.0 Å². The van der Waals surface area contributed by atoms with Crippen LogP contribution in [0.4, 0.5) is 11.5 Å². The van der Waals surface area contributed by atoms with Crippen molar-refractivity contribution in [2.75, 3.05) is 11.9 Å². The highest BCUT2D eigenvalue weighted by Crippen LogP contribution is 2.18. The van der Waals surface area contributed by atoms with Crippen molar-refractivity contribution in [3.05, 3.63) is 40.1 Å². The minimum Gasteiger partial charge on any atom is -0.368 e. The number of nitrogens with one attached hydrogen (secondary N) is 1. The lowest BCUT2D eigenvalue weighted by atomic mass is 10.2. The summed E-state index contributed by atoms with van der Waals surface area (Å²) in [4.78, 5) is 14.3. The van der Waals surface area contributed by atoms with Crippen molar-refractivity contribution in [3.63, 3.8) is 0 Å². The summed E-state index contributed by atoms with van der Waals surface area (Å²) < 4.78 is 1.98. The van der Waals surface area contributed by atoms with E-state index in [1.165, 1.54) is 6.20 Å². The Morgan fingerprint density at radius 2 is 2.24 bits per heavy atom. The van der Waals surface area contributed by atoms with Crippen molar-refractivity contribution in [1.82, 2.24) is 19.7 Å². The van der Waals surface area contributed by atoms with E-state index in [1.54, 1.807) is 19.3 Å². The van der Waals surface area contributed by atoms with Crippen LogP contribution in [0, 0.1) is 17.0 Å². The van der Waals surface area contributed by atoms with Crippen LogP contribution < -0.4 is 5.32 Å². The highest BCUT2D eigenvalue weighted by atomic mass is 16.6. The van der Waals surface area contributed by atoms with Crippen molar-refractivity contribution < 1.29 is 4.92 Å². The van der Waals surface area contributed by atoms with Gasteiger partial charge in [-0.15, -0.1) is 10.2 Å². The van der Waals surface area contributed by atoms with Gasteiger partial charge in [-0.1, -0.05) is 13.8 Å². The molecule has 0 fully saturated rings. The first-order chi connectivity index (χ1) is 9.99. The van der Waals surface area contributed by atoms with E-state index in [1.807, 2.05) is 4.57 Å². The number of nitro groups is 1. The first kappa shape index (κ1) is 14.9. The largest absolute Gasteiger partial charge is 0.368 e. The van der Waals surface area contributed by atoms with Gasteiger partial charge in [-0.3, -0.25) is 10.1 Å². The molecule has 0 saturated carbocycles. The lowest BCUT2D eigenvalue weighted by molar-refractivity contribution is -0.385. The van der Waals surface area contributed by atoms with Crippen molar-refractivity contribution in [2.45, 2.75) is 33.2 Å². The average molecular weight is 290 g/mol. The quantitative estimate of drug-likeness (QED) is 0.646. The topological polar surface area (TPSA) is 98.8 Å². The molecule has 0 aliphatic rings. The summed E-state index contributed by atoms with van der Waals surface area (Å²) in [6.45, 7) is 7.17. The van der Waals surface area contributed by atoms with Crippen molar-refractivity contribution in [3.8, 4) is 0 Å². The molecule has 8 heteroatoms. The van der Waals surface area contributed by atoms with E-state index in [0.29, 0.717) is 30.4 Å². The summed E-state index contributed by atoms with van der Waals surface area (Å²) in [7, 11) is 0. The monoisotopic (exact) mass is 290 g/mol. The number of aryl methyl sites for hydroxylation is 1. The molecule has 2 aromatic rings. The SMILES string of the molecule is Cc1cc(NCCn2cnnc2C(C)C)ncc1[N+](=O)[O-]. The van der Waals surface area contributed by atoms with Gasteiger partial charge in [-0.25, -0.2) is 4.98 Å². The fourth-order valence-corrected chi connectivity index (χ4v) is 2.02. The minimum atomic E-state index is -0.432. The second kappa shape index (κ2) is 6.29. The van der Waals surface area contributed by atoms with E-state index in [9.17, 15) is 10.1 Å². The molecule has 2 aromatic heterocycles. The van der Waals surface area contributed by atoms with Gasteiger partial charge in [0.2, 0.25) is 0 Å². The Morgan fingerprint density at radius 1 is 1.48 bits per heavy atom. The molecule has 1 N–H and O–H groups in total. The smallest absolute Gasteiger partial charge is 0.290 e. The molecule has 0 aromatic carbocycles. The summed E-state index contributed by atoms with van der Waals surface area (Å²) >= 11 is 0. The average Bonchev–Trinajstić information content (AvgIpc) is 2.87. The van der Waals surface area contributed by atoms with Crippen LogP contribution in [0.25, 0.3) is 0 Å². The third-order valence-corrected chi connectivity index (χ3v) is 3.10. The third-order valence-electron chi connectivity index (χ3n) is 3.10. The number of pyridine rings is 1. The number of nitrogens with zero attached hydrogens (tertiary/aromatic N) is 5. The Kier molecular flexibility index (Phi) is 4.46. The Labute approximate surface area is 122 Å². The summed E-state index contributed by atoms with van der Waals surface area (Å²) in [5.74, 6) is 1.87. The van der Waals surface area contributed by atoms with Crippen LogP contribution in [0.5, 0.6) is 0 Å². The zero-order valence-corrected chi connectivity index (χ0v) is 12.3. The molecule has 0 amide bonds. The second-order valence-corrected chi connectivity index (χ2v) is 5.08. The van der Waals surface area contributed by atoms with E-state index < -0.39 is 4.92 Å². The van der Waals surface area contributed by atoms with Crippen LogP contribution in [0.15, 0.2) is 18.6 Å². The minimum absolute atomic E-state index is 0.0291. The van der Waals surface area contributed by atoms with E-state index in [4.69, 9.17) is 0 Å². The zero-order chi connectivity index (χ0) is 15.4. The van der Waals surface area contributed by atoms with Gasteiger partial charge in [-0.2, -0.15) is 0 Å². The Morgan fingerprint density at radius 3 is 2.86 bits per heavy atom. The molecule has 0 aliphatic heterocycles. The number of rotatable bonds is 6. The van der Waals surface area contributed by atoms with Gasteiger partial charge < -0.3 is 9.88 Å². The zero-order valence-electron chi connectivity index (χ0n) is 12.3. The summed E-state index contributed by atoms with van der Waals surface area (Å²) in [6.07, 6.45) is 2.97. The van der Waals surface area contributed by atoms with Gasteiger partial charge in [0.1, 0.15) is 24.2 Å². The molecule has 0 aliphatic carbocycles. The Hall–Kier alpha value is -2.51. The molecular weight excluding hydrogens is 272 g/mol. The molecule has 0 unspecified atom stereocenters. The number of hydrogen-bond acceptors (Lipinski definition) is 6. The standard InChI is InChI=1S/C13H18N6O2/c1-9(2)13-17-16-8-18(13)5-4-14-12-6-10(3)11(7-15-12)19(20)21/h6-9H,4-5H2,1-3H3,(H,14,15). The Bertz CT molecular complexity index is 637. The lowest BCUT2D eigenvalue weighted by Crippen LogP contribution is -2.14. The maximum Gasteiger partial charge on any atom is 0.290 e. The molecule has 0 spiro atoms. The van der Waals surface area contributed by atoms with Crippen molar-refractivity contribution in [2.24, 2.45) is 0 Å². The number of anilines is 1. The first-order valence-corrected chi connectivity index (χ1v) is 6.71. The molecule has 0 atom stereocenters. The van der Waals surface area contributed by atoms with E-state index in [-0.39, 0.29) is 5.69 Å².